The van der Waals surface area contributed by atoms with Crippen molar-refractivity contribution in [3.8, 4) is 0 Å². The largest absolute Gasteiger partial charge is 0.392 e. The summed E-state index contributed by atoms with van der Waals surface area (Å²) in [5.74, 6) is 0. The summed E-state index contributed by atoms with van der Waals surface area (Å²) in [6.07, 6.45) is 3.71. The van der Waals surface area contributed by atoms with Crippen LogP contribution in [0.5, 0.6) is 0 Å². The van der Waals surface area contributed by atoms with Crippen LogP contribution in [0.2, 0.25) is 0 Å². The summed E-state index contributed by atoms with van der Waals surface area (Å²) in [6.45, 7) is 12.3. The third-order valence-corrected chi connectivity index (χ3v) is 9.33. The summed E-state index contributed by atoms with van der Waals surface area (Å²) in [6, 6.07) is 46.6. The van der Waals surface area contributed by atoms with Crippen LogP contribution in [0.3, 0.4) is 0 Å². The Bertz CT molecular complexity index is 2120. The fourth-order valence-corrected chi connectivity index (χ4v) is 6.78. The van der Waals surface area contributed by atoms with E-state index in [2.05, 4.69) is 151 Å². The molecule has 0 amide bonds. The Labute approximate surface area is 293 Å². The highest BCUT2D eigenvalue weighted by Crippen LogP contribution is 2.43. The van der Waals surface area contributed by atoms with Crippen LogP contribution in [-0.2, 0) is 13.2 Å². The summed E-state index contributed by atoms with van der Waals surface area (Å²) in [5.41, 5.74) is 12.3. The first kappa shape index (κ1) is 32.7. The van der Waals surface area contributed by atoms with Crippen molar-refractivity contribution in [1.29, 1.82) is 0 Å². The lowest BCUT2D eigenvalue weighted by Gasteiger charge is -2.26. The van der Waals surface area contributed by atoms with E-state index in [0.717, 1.165) is 67.2 Å². The van der Waals surface area contributed by atoms with E-state index in [1.54, 1.807) is 0 Å². The second-order valence-electron chi connectivity index (χ2n) is 12.8. The van der Waals surface area contributed by atoms with E-state index in [4.69, 9.17) is 0 Å². The van der Waals surface area contributed by atoms with Crippen molar-refractivity contribution in [3.63, 3.8) is 0 Å². The minimum absolute atomic E-state index is 0.00168. The molecule has 6 aromatic carbocycles. The summed E-state index contributed by atoms with van der Waals surface area (Å²) in [7, 11) is 0. The molecule has 7 rings (SSSR count). The fourth-order valence-electron chi connectivity index (χ4n) is 6.78. The Balaban J connectivity index is 1.44. The lowest BCUT2D eigenvalue weighted by molar-refractivity contribution is 0.281. The number of rotatable bonds is 11. The van der Waals surface area contributed by atoms with Crippen molar-refractivity contribution >= 4 is 68.1 Å². The molecule has 0 saturated heterocycles. The van der Waals surface area contributed by atoms with Gasteiger partial charge in [-0.3, -0.25) is 0 Å². The van der Waals surface area contributed by atoms with Gasteiger partial charge < -0.3 is 24.6 Å². The normalized spacial score (nSPS) is 11.3. The highest BCUT2D eigenvalue weighted by Gasteiger charge is 2.20. The molecule has 0 aliphatic rings. The Hall–Kier alpha value is -5.88. The molecule has 50 heavy (non-hydrogen) atoms. The third kappa shape index (κ3) is 6.09. The van der Waals surface area contributed by atoms with Crippen LogP contribution in [-0.4, -0.2) is 14.8 Å². The molecule has 0 unspecified atom stereocenters. The van der Waals surface area contributed by atoms with Gasteiger partial charge in [-0.1, -0.05) is 73.8 Å². The van der Waals surface area contributed by atoms with E-state index in [1.807, 2.05) is 36.4 Å². The highest BCUT2D eigenvalue weighted by atomic mass is 16.3. The van der Waals surface area contributed by atoms with Crippen molar-refractivity contribution < 1.29 is 10.2 Å². The number of anilines is 6. The fraction of sp³-hybridized carbons (Fsp3) is 0.111. The Morgan fingerprint density at radius 2 is 0.820 bits per heavy atom. The van der Waals surface area contributed by atoms with E-state index in [9.17, 15) is 10.2 Å². The zero-order chi connectivity index (χ0) is 34.8. The first-order valence-corrected chi connectivity index (χ1v) is 16.9. The Kier molecular flexibility index (Phi) is 9.09. The maximum atomic E-state index is 9.74. The number of hydrogen-bond donors (Lipinski definition) is 2. The van der Waals surface area contributed by atoms with E-state index >= 15 is 0 Å². The van der Waals surface area contributed by atoms with Crippen molar-refractivity contribution in [2.75, 3.05) is 9.80 Å². The van der Waals surface area contributed by atoms with E-state index in [0.29, 0.717) is 0 Å². The number of aliphatic hydroxyl groups is 2. The molecule has 0 fully saturated rings. The van der Waals surface area contributed by atoms with Crippen molar-refractivity contribution in [3.05, 3.63) is 169 Å². The number of aliphatic hydroxyl groups excluding tert-OH is 2. The van der Waals surface area contributed by atoms with Crippen LogP contribution in [0.4, 0.5) is 34.1 Å². The van der Waals surface area contributed by atoms with Gasteiger partial charge >= 0.3 is 0 Å². The lowest BCUT2D eigenvalue weighted by atomic mass is 10.1. The average Bonchev–Trinajstić information content (AvgIpc) is 3.49. The van der Waals surface area contributed by atoms with Gasteiger partial charge in [-0.25, -0.2) is 0 Å². The molecule has 0 bridgehead atoms. The predicted octanol–water partition coefficient (Wildman–Crippen LogP) is 11.6. The molecule has 0 atom stereocenters. The van der Waals surface area contributed by atoms with Crippen molar-refractivity contribution in [1.82, 2.24) is 4.57 Å². The van der Waals surface area contributed by atoms with Gasteiger partial charge in [0, 0.05) is 62.0 Å². The van der Waals surface area contributed by atoms with Crippen LogP contribution in [0.1, 0.15) is 42.1 Å². The summed E-state index contributed by atoms with van der Waals surface area (Å²) in [4.78, 5) is 4.51. The molecule has 0 aliphatic heterocycles. The number of hydrogen-bond acceptors (Lipinski definition) is 4. The smallest absolute Gasteiger partial charge is 0.0681 e. The minimum atomic E-state index is -0.00168. The van der Waals surface area contributed by atoms with E-state index in [1.165, 1.54) is 11.0 Å². The van der Waals surface area contributed by atoms with Crippen LogP contribution >= 0.6 is 0 Å². The van der Waals surface area contributed by atoms with Gasteiger partial charge in [0.15, 0.2) is 0 Å². The average molecular weight is 656 g/mol. The molecule has 5 nitrogen and oxygen atoms in total. The summed E-state index contributed by atoms with van der Waals surface area (Å²) >= 11 is 0. The molecule has 0 radical (unpaired) electrons. The molecule has 0 saturated carbocycles. The molecule has 1 aromatic heterocycles. The van der Waals surface area contributed by atoms with Gasteiger partial charge in [-0.2, -0.15) is 0 Å². The monoisotopic (exact) mass is 655 g/mol. The zero-order valence-electron chi connectivity index (χ0n) is 28.5. The van der Waals surface area contributed by atoms with Gasteiger partial charge in [0.1, 0.15) is 0 Å². The predicted molar refractivity (Wildman–Crippen MR) is 211 cm³/mol. The topological polar surface area (TPSA) is 51.9 Å². The van der Waals surface area contributed by atoms with Gasteiger partial charge in [-0.05, 0) is 121 Å². The first-order valence-electron chi connectivity index (χ1n) is 16.9. The second-order valence-corrected chi connectivity index (χ2v) is 12.8. The van der Waals surface area contributed by atoms with Crippen LogP contribution in [0.25, 0.3) is 34.0 Å². The van der Waals surface area contributed by atoms with Gasteiger partial charge in [0.25, 0.3) is 0 Å². The minimum Gasteiger partial charge on any atom is -0.392 e. The summed E-state index contributed by atoms with van der Waals surface area (Å²) < 4.78 is 2.41. The molecule has 248 valence electrons. The standard InChI is InChI=1S/C45H41N3O2/c1-5-32-7-15-36(16-8-32)47(38-19-11-34(29-49)12-20-38)40-23-25-44-42(27-40)43-28-41(24-26-45(43)46(44)31(3)4)48(37-17-9-33(6-2)10-18-37)39-21-13-35(30-50)14-22-39/h5-28,31,49-50H,1-2,29-30H2,3-4H3. The molecule has 0 spiro atoms. The lowest BCUT2D eigenvalue weighted by Crippen LogP contribution is -2.10. The van der Waals surface area contributed by atoms with Crippen molar-refractivity contribution in [2.24, 2.45) is 0 Å². The number of benzene rings is 6. The van der Waals surface area contributed by atoms with Crippen LogP contribution in [0, 0.1) is 0 Å². The van der Waals surface area contributed by atoms with E-state index < -0.39 is 0 Å². The first-order chi connectivity index (χ1) is 24.4. The third-order valence-electron chi connectivity index (χ3n) is 9.33. The van der Waals surface area contributed by atoms with Gasteiger partial charge in [0.2, 0.25) is 0 Å². The Morgan fingerprint density at radius 1 is 0.500 bits per heavy atom. The van der Waals surface area contributed by atoms with Gasteiger partial charge in [0.05, 0.1) is 13.2 Å². The Morgan fingerprint density at radius 3 is 1.12 bits per heavy atom. The molecule has 2 N–H and O–H groups in total. The van der Waals surface area contributed by atoms with Crippen LogP contribution in [0.15, 0.2) is 147 Å². The maximum absolute atomic E-state index is 9.74. The van der Waals surface area contributed by atoms with Gasteiger partial charge in [-0.15, -0.1) is 0 Å². The number of nitrogens with zero attached hydrogens (tertiary/aromatic N) is 3. The molecule has 1 heterocycles. The van der Waals surface area contributed by atoms with E-state index in [-0.39, 0.29) is 19.3 Å². The van der Waals surface area contributed by atoms with Crippen LogP contribution < -0.4 is 9.80 Å². The number of aromatic nitrogens is 1. The molecular formula is C45H41N3O2. The quantitative estimate of drug-likeness (QED) is 0.146. The maximum Gasteiger partial charge on any atom is 0.0681 e. The number of fused-ring (bicyclic) bond motifs is 3. The van der Waals surface area contributed by atoms with Crippen molar-refractivity contribution in [2.45, 2.75) is 33.1 Å². The summed E-state index contributed by atoms with van der Waals surface area (Å²) in [5, 5.41) is 21.8. The molecule has 5 heteroatoms. The molecule has 7 aromatic rings. The molecular weight excluding hydrogens is 615 g/mol. The highest BCUT2D eigenvalue weighted by molar-refractivity contribution is 6.11. The zero-order valence-corrected chi connectivity index (χ0v) is 28.5. The SMILES string of the molecule is C=Cc1ccc(N(c2ccc(CO)cc2)c2ccc3c(c2)c2cc(N(c4ccc(C=C)cc4)c4ccc(CO)cc4)ccc2n3C(C)C)cc1. The second kappa shape index (κ2) is 13.9. The molecule has 0 aliphatic carbocycles.